The molecular weight excluding hydrogens is 460 g/mol. The Bertz CT molecular complexity index is 1190. The van der Waals surface area contributed by atoms with Gasteiger partial charge in [-0.3, -0.25) is 9.59 Å². The number of likely N-dealkylation sites (tertiary alicyclic amines) is 1. The van der Waals surface area contributed by atoms with Gasteiger partial charge in [0.1, 0.15) is 11.9 Å². The number of benzene rings is 2. The van der Waals surface area contributed by atoms with E-state index in [-0.39, 0.29) is 11.7 Å². The molecule has 1 saturated heterocycles. The van der Waals surface area contributed by atoms with Crippen LogP contribution in [0.25, 0.3) is 5.76 Å². The van der Waals surface area contributed by atoms with Crippen LogP contribution in [0.15, 0.2) is 42.0 Å². The Morgan fingerprint density at radius 1 is 1.08 bits per heavy atom. The molecule has 2 heterocycles. The van der Waals surface area contributed by atoms with E-state index in [0.717, 1.165) is 16.2 Å². The highest BCUT2D eigenvalue weighted by Gasteiger charge is 2.44. The van der Waals surface area contributed by atoms with Crippen LogP contribution in [0, 0.1) is 0 Å². The van der Waals surface area contributed by atoms with Crippen LogP contribution in [0.4, 0.5) is 0 Å². The lowest BCUT2D eigenvalue weighted by Crippen LogP contribution is -3.06. The van der Waals surface area contributed by atoms with Crippen LogP contribution in [-0.2, 0) is 16.0 Å². The smallest absolute Gasteiger partial charge is 0.295 e. The summed E-state index contributed by atoms with van der Waals surface area (Å²) in [6, 6.07) is 9.73. The van der Waals surface area contributed by atoms with Crippen molar-refractivity contribution in [3.05, 3.63) is 58.7 Å². The number of nitrogens with zero attached hydrogens (tertiary/aromatic N) is 1. The molecule has 2 aliphatic heterocycles. The van der Waals surface area contributed by atoms with E-state index in [1.807, 2.05) is 34.9 Å². The zero-order chi connectivity index (χ0) is 26.0. The molecule has 0 radical (unpaired) electrons. The third-order valence-corrected chi connectivity index (χ3v) is 6.42. The quantitative estimate of drug-likeness (QED) is 0.320. The lowest BCUT2D eigenvalue weighted by Gasteiger charge is -2.28. The summed E-state index contributed by atoms with van der Waals surface area (Å²) in [4.78, 5) is 29.1. The van der Waals surface area contributed by atoms with Crippen LogP contribution in [0.5, 0.6) is 17.2 Å². The predicted octanol–water partition coefficient (Wildman–Crippen LogP) is 1.18. The molecular formula is C28H34N2O6. The molecule has 0 aliphatic carbocycles. The van der Waals surface area contributed by atoms with Crippen LogP contribution >= 0.6 is 0 Å². The van der Waals surface area contributed by atoms with Gasteiger partial charge in [0.05, 0.1) is 46.4 Å². The summed E-state index contributed by atoms with van der Waals surface area (Å²) < 4.78 is 17.2. The zero-order valence-electron chi connectivity index (χ0n) is 21.6. The second kappa shape index (κ2) is 10.6. The number of Topliss-reactive ketones (excluding diaryl/α,β-unsaturated/α-hetero) is 1. The Hall–Kier alpha value is -3.52. The summed E-state index contributed by atoms with van der Waals surface area (Å²) >= 11 is 0. The summed E-state index contributed by atoms with van der Waals surface area (Å²) in [6.07, 6.45) is 0.724. The van der Waals surface area contributed by atoms with E-state index in [0.29, 0.717) is 55.4 Å². The van der Waals surface area contributed by atoms with Crippen molar-refractivity contribution in [1.82, 2.24) is 4.90 Å². The van der Waals surface area contributed by atoms with E-state index < -0.39 is 23.5 Å². The maximum Gasteiger partial charge on any atom is 0.295 e. The van der Waals surface area contributed by atoms with Crippen LogP contribution in [-0.4, -0.2) is 63.1 Å². The lowest BCUT2D eigenvalue weighted by molar-refractivity contribution is -0.857. The van der Waals surface area contributed by atoms with Gasteiger partial charge in [0.25, 0.3) is 5.91 Å². The van der Waals surface area contributed by atoms with Gasteiger partial charge in [-0.2, -0.15) is 0 Å². The largest absolute Gasteiger partial charge is 0.872 e. The van der Waals surface area contributed by atoms with Crippen LogP contribution in [0.1, 0.15) is 43.5 Å². The molecule has 8 nitrogen and oxygen atoms in total. The lowest BCUT2D eigenvalue weighted by atomic mass is 9.94. The SMILES string of the molecule is CCOc1ccc(C2C(=C([O-])c3ccc4c(c3)CC(C)O4)C(=O)C(=O)N2CC[NH+](C)C)cc1OCC. The van der Waals surface area contributed by atoms with Gasteiger partial charge in [-0.1, -0.05) is 17.9 Å². The molecule has 1 amide bonds. The van der Waals surface area contributed by atoms with Crippen molar-refractivity contribution in [2.45, 2.75) is 39.3 Å². The Kier molecular flexibility index (Phi) is 7.54. The molecule has 0 spiro atoms. The van der Waals surface area contributed by atoms with Crippen molar-refractivity contribution in [2.24, 2.45) is 0 Å². The predicted molar refractivity (Wildman–Crippen MR) is 133 cm³/mol. The van der Waals surface area contributed by atoms with E-state index in [2.05, 4.69) is 0 Å². The van der Waals surface area contributed by atoms with E-state index in [1.165, 1.54) is 4.90 Å². The highest BCUT2D eigenvalue weighted by Crippen LogP contribution is 2.42. The molecule has 2 atom stereocenters. The maximum absolute atomic E-state index is 13.8. The van der Waals surface area contributed by atoms with E-state index in [1.54, 1.807) is 36.4 Å². The van der Waals surface area contributed by atoms with Gasteiger partial charge in [-0.05, 0) is 61.7 Å². The standard InChI is InChI=1S/C28H34N2O6/c1-6-34-22-11-8-18(16-23(22)35-7-2)25-24(27(32)28(33)30(25)13-12-29(4)5)26(31)19-9-10-21-20(15-19)14-17(3)36-21/h8-11,15-17,25,31H,6-7,12-14H2,1-5H3. The summed E-state index contributed by atoms with van der Waals surface area (Å²) in [5.41, 5.74) is 1.90. The number of amides is 1. The minimum Gasteiger partial charge on any atom is -0.872 e. The minimum atomic E-state index is -0.810. The van der Waals surface area contributed by atoms with Crippen molar-refractivity contribution in [3.8, 4) is 17.2 Å². The molecule has 0 aromatic heterocycles. The number of hydrogen-bond acceptors (Lipinski definition) is 6. The van der Waals surface area contributed by atoms with Gasteiger partial charge in [0.2, 0.25) is 5.78 Å². The first-order chi connectivity index (χ1) is 17.2. The first-order valence-electron chi connectivity index (χ1n) is 12.5. The molecule has 2 aliphatic rings. The number of fused-ring (bicyclic) bond motifs is 1. The first kappa shape index (κ1) is 25.6. The van der Waals surface area contributed by atoms with Crippen molar-refractivity contribution >= 4 is 17.4 Å². The summed E-state index contributed by atoms with van der Waals surface area (Å²) in [5.74, 6) is -0.0173. The van der Waals surface area contributed by atoms with E-state index in [4.69, 9.17) is 14.2 Å². The molecule has 0 saturated carbocycles. The maximum atomic E-state index is 13.8. The molecule has 2 unspecified atom stereocenters. The Labute approximate surface area is 212 Å². The number of ether oxygens (including phenoxy) is 3. The summed E-state index contributed by atoms with van der Waals surface area (Å²) in [5, 5.41) is 13.8. The second-order valence-electron chi connectivity index (χ2n) is 9.46. The van der Waals surface area contributed by atoms with Crippen LogP contribution < -0.4 is 24.2 Å². The molecule has 2 aromatic carbocycles. The van der Waals surface area contributed by atoms with Crippen molar-refractivity contribution in [1.29, 1.82) is 0 Å². The Morgan fingerprint density at radius 3 is 2.50 bits per heavy atom. The topological polar surface area (TPSA) is 92.6 Å². The first-order valence-corrected chi connectivity index (χ1v) is 12.5. The number of ketones is 1. The molecule has 1 fully saturated rings. The average molecular weight is 495 g/mol. The fourth-order valence-corrected chi connectivity index (χ4v) is 4.75. The van der Waals surface area contributed by atoms with Crippen molar-refractivity contribution < 1.29 is 33.8 Å². The third-order valence-electron chi connectivity index (χ3n) is 6.42. The fraction of sp³-hybridized carbons (Fsp3) is 0.429. The highest BCUT2D eigenvalue weighted by molar-refractivity contribution is 6.46. The average Bonchev–Trinajstić information content (AvgIpc) is 3.34. The molecule has 1 N–H and O–H groups in total. The molecule has 4 rings (SSSR count). The Morgan fingerprint density at radius 2 is 1.81 bits per heavy atom. The van der Waals surface area contributed by atoms with Gasteiger partial charge >= 0.3 is 0 Å². The summed E-state index contributed by atoms with van der Waals surface area (Å²) in [7, 11) is 3.95. The minimum absolute atomic E-state index is 0.0327. The molecule has 192 valence electrons. The summed E-state index contributed by atoms with van der Waals surface area (Å²) in [6.45, 7) is 7.57. The zero-order valence-corrected chi connectivity index (χ0v) is 21.6. The van der Waals surface area contributed by atoms with Crippen molar-refractivity contribution in [2.75, 3.05) is 40.4 Å². The number of quaternary nitrogens is 1. The van der Waals surface area contributed by atoms with Gasteiger partial charge < -0.3 is 29.1 Å². The van der Waals surface area contributed by atoms with Gasteiger partial charge in [0.15, 0.2) is 11.5 Å². The number of carbonyl (C=O) groups is 2. The monoisotopic (exact) mass is 494 g/mol. The normalized spacial score (nSPS) is 20.6. The molecule has 36 heavy (non-hydrogen) atoms. The van der Waals surface area contributed by atoms with Gasteiger partial charge in [-0.25, -0.2) is 0 Å². The van der Waals surface area contributed by atoms with Crippen molar-refractivity contribution in [3.63, 3.8) is 0 Å². The number of nitrogens with one attached hydrogen (secondary N) is 1. The molecule has 8 heteroatoms. The fourth-order valence-electron chi connectivity index (χ4n) is 4.75. The number of hydrogen-bond donors (Lipinski definition) is 1. The Balaban J connectivity index is 1.84. The number of likely N-dealkylation sites (N-methyl/N-ethyl adjacent to an activating group) is 1. The van der Waals surface area contributed by atoms with Gasteiger partial charge in [-0.15, -0.1) is 0 Å². The van der Waals surface area contributed by atoms with E-state index >= 15 is 0 Å². The molecule has 2 aromatic rings. The number of rotatable bonds is 9. The third kappa shape index (κ3) is 4.91. The second-order valence-corrected chi connectivity index (χ2v) is 9.46. The molecule has 0 bridgehead atoms. The van der Waals surface area contributed by atoms with Gasteiger partial charge in [0, 0.05) is 12.0 Å². The number of carbonyl (C=O) groups excluding carboxylic acids is 2. The van der Waals surface area contributed by atoms with Crippen LogP contribution in [0.2, 0.25) is 0 Å². The highest BCUT2D eigenvalue weighted by atomic mass is 16.5. The van der Waals surface area contributed by atoms with E-state index in [9.17, 15) is 14.7 Å². The van der Waals surface area contributed by atoms with Crippen LogP contribution in [0.3, 0.4) is 0 Å².